The third-order valence-corrected chi connectivity index (χ3v) is 6.51. The zero-order valence-corrected chi connectivity index (χ0v) is 18.0. The molecular formula is C21H16BrNO6S. The van der Waals surface area contributed by atoms with Gasteiger partial charge in [0.1, 0.15) is 4.88 Å². The van der Waals surface area contributed by atoms with Gasteiger partial charge in [0.15, 0.2) is 0 Å². The molecule has 0 bridgehead atoms. The van der Waals surface area contributed by atoms with Crippen LogP contribution in [0.15, 0.2) is 53.0 Å². The number of carbonyl (C=O) groups excluding carboxylic acids is 1. The van der Waals surface area contributed by atoms with Gasteiger partial charge in [0.05, 0.1) is 27.6 Å². The molecule has 3 rings (SSSR count). The SMILES string of the molecule is COC(=O)c1c(C(=O)O)sc(-c2cccc(NCc3cccc(C(=O)O)c3)c2)c1Br. The van der Waals surface area contributed by atoms with Crippen molar-refractivity contribution in [1.29, 1.82) is 0 Å². The number of carboxylic acids is 2. The molecule has 0 amide bonds. The van der Waals surface area contributed by atoms with E-state index < -0.39 is 17.9 Å². The summed E-state index contributed by atoms with van der Waals surface area (Å²) in [5, 5.41) is 21.8. The minimum atomic E-state index is -1.21. The van der Waals surface area contributed by atoms with Crippen LogP contribution in [0.5, 0.6) is 0 Å². The fourth-order valence-electron chi connectivity index (χ4n) is 2.82. The first kappa shape index (κ1) is 21.5. The third-order valence-electron chi connectivity index (χ3n) is 4.23. The highest BCUT2D eigenvalue weighted by molar-refractivity contribution is 9.10. The molecule has 0 fully saturated rings. The lowest BCUT2D eigenvalue weighted by atomic mass is 10.1. The Bertz CT molecular complexity index is 1140. The van der Waals surface area contributed by atoms with Gasteiger partial charge in [-0.3, -0.25) is 0 Å². The average molecular weight is 490 g/mol. The van der Waals surface area contributed by atoms with Gasteiger partial charge in [-0.05, 0) is 51.3 Å². The maximum absolute atomic E-state index is 12.0. The van der Waals surface area contributed by atoms with Gasteiger partial charge in [-0.1, -0.05) is 24.3 Å². The number of benzene rings is 2. The highest BCUT2D eigenvalue weighted by Crippen LogP contribution is 2.41. The summed E-state index contributed by atoms with van der Waals surface area (Å²) in [6, 6.07) is 13.9. The molecule has 154 valence electrons. The molecule has 3 N–H and O–H groups in total. The van der Waals surface area contributed by atoms with Gasteiger partial charge in [-0.15, -0.1) is 11.3 Å². The van der Waals surface area contributed by atoms with E-state index in [2.05, 4.69) is 21.2 Å². The average Bonchev–Trinajstić information content (AvgIpc) is 3.09. The van der Waals surface area contributed by atoms with Gasteiger partial charge in [-0.2, -0.15) is 0 Å². The number of rotatable bonds is 7. The Morgan fingerprint density at radius 2 is 1.80 bits per heavy atom. The molecule has 0 aliphatic heterocycles. The molecule has 0 spiro atoms. The molecule has 0 aliphatic rings. The third kappa shape index (κ3) is 4.52. The van der Waals surface area contributed by atoms with E-state index in [1.54, 1.807) is 24.3 Å². The van der Waals surface area contributed by atoms with E-state index >= 15 is 0 Å². The van der Waals surface area contributed by atoms with Gasteiger partial charge in [-0.25, -0.2) is 14.4 Å². The van der Waals surface area contributed by atoms with E-state index in [1.165, 1.54) is 13.2 Å². The van der Waals surface area contributed by atoms with E-state index in [9.17, 15) is 19.5 Å². The number of halogens is 1. The van der Waals surface area contributed by atoms with Crippen LogP contribution in [-0.2, 0) is 11.3 Å². The smallest absolute Gasteiger partial charge is 0.346 e. The van der Waals surface area contributed by atoms with Crippen LogP contribution in [0.25, 0.3) is 10.4 Å². The Hall–Kier alpha value is -3.17. The van der Waals surface area contributed by atoms with Crippen molar-refractivity contribution in [2.45, 2.75) is 6.54 Å². The first-order valence-corrected chi connectivity index (χ1v) is 10.2. The fraction of sp³-hybridized carbons (Fsp3) is 0.0952. The van der Waals surface area contributed by atoms with Crippen LogP contribution < -0.4 is 5.32 Å². The summed E-state index contributed by atoms with van der Waals surface area (Å²) in [5.74, 6) is -2.92. The van der Waals surface area contributed by atoms with Gasteiger partial charge < -0.3 is 20.3 Å². The normalized spacial score (nSPS) is 10.5. The molecule has 0 saturated carbocycles. The summed E-state index contributed by atoms with van der Waals surface area (Å²) >= 11 is 4.32. The number of carbonyl (C=O) groups is 3. The zero-order chi connectivity index (χ0) is 21.8. The molecule has 1 heterocycles. The maximum Gasteiger partial charge on any atom is 0.346 e. The molecular weight excluding hydrogens is 474 g/mol. The van der Waals surface area contributed by atoms with Crippen LogP contribution in [0.3, 0.4) is 0 Å². The number of hydrogen-bond donors (Lipinski definition) is 3. The summed E-state index contributed by atoms with van der Waals surface area (Å²) in [6.45, 7) is 0.407. The molecule has 9 heteroatoms. The summed E-state index contributed by atoms with van der Waals surface area (Å²) in [5.41, 5.74) is 2.47. The second-order valence-electron chi connectivity index (χ2n) is 6.19. The lowest BCUT2D eigenvalue weighted by Crippen LogP contribution is -2.07. The number of thiophene rings is 1. The summed E-state index contributed by atoms with van der Waals surface area (Å²) in [7, 11) is 1.20. The topological polar surface area (TPSA) is 113 Å². The number of aromatic carboxylic acids is 2. The van der Waals surface area contributed by atoms with E-state index in [0.717, 1.165) is 22.6 Å². The van der Waals surface area contributed by atoms with Crippen LogP contribution in [0.4, 0.5) is 5.69 Å². The van der Waals surface area contributed by atoms with Gasteiger partial charge in [0, 0.05) is 12.2 Å². The molecule has 7 nitrogen and oxygen atoms in total. The number of nitrogens with one attached hydrogen (secondary N) is 1. The van der Waals surface area contributed by atoms with Gasteiger partial charge >= 0.3 is 17.9 Å². The minimum absolute atomic E-state index is 0.0196. The van der Waals surface area contributed by atoms with Crippen molar-refractivity contribution in [3.63, 3.8) is 0 Å². The molecule has 0 atom stereocenters. The van der Waals surface area contributed by atoms with Crippen molar-refractivity contribution in [3.8, 4) is 10.4 Å². The maximum atomic E-state index is 12.0. The Balaban J connectivity index is 1.89. The van der Waals surface area contributed by atoms with Crippen molar-refractivity contribution < 1.29 is 29.3 Å². The van der Waals surface area contributed by atoms with Gasteiger partial charge in [0.25, 0.3) is 0 Å². The van der Waals surface area contributed by atoms with Crippen LogP contribution in [0.2, 0.25) is 0 Å². The second-order valence-corrected chi connectivity index (χ2v) is 8.00. The van der Waals surface area contributed by atoms with Crippen molar-refractivity contribution in [3.05, 3.63) is 74.6 Å². The largest absolute Gasteiger partial charge is 0.478 e. The summed E-state index contributed by atoms with van der Waals surface area (Å²) < 4.78 is 5.08. The second kappa shape index (κ2) is 9.10. The molecule has 0 unspecified atom stereocenters. The number of anilines is 1. The van der Waals surface area contributed by atoms with E-state index in [4.69, 9.17) is 9.84 Å². The first-order valence-electron chi connectivity index (χ1n) is 8.62. The summed E-state index contributed by atoms with van der Waals surface area (Å²) in [4.78, 5) is 35.2. The van der Waals surface area contributed by atoms with Gasteiger partial charge in [0.2, 0.25) is 0 Å². The van der Waals surface area contributed by atoms with Crippen molar-refractivity contribution in [2.24, 2.45) is 0 Å². The fourth-order valence-corrected chi connectivity index (χ4v) is 4.80. The molecule has 0 saturated heterocycles. The monoisotopic (exact) mass is 489 g/mol. The zero-order valence-electron chi connectivity index (χ0n) is 15.6. The molecule has 0 aliphatic carbocycles. The first-order chi connectivity index (χ1) is 14.3. The van der Waals surface area contributed by atoms with Crippen LogP contribution in [0, 0.1) is 0 Å². The highest BCUT2D eigenvalue weighted by Gasteiger charge is 2.27. The lowest BCUT2D eigenvalue weighted by molar-refractivity contribution is 0.0584. The van der Waals surface area contributed by atoms with E-state index in [-0.39, 0.29) is 16.0 Å². The highest BCUT2D eigenvalue weighted by atomic mass is 79.9. The number of ether oxygens (including phenoxy) is 1. The van der Waals surface area contributed by atoms with Crippen molar-refractivity contribution in [2.75, 3.05) is 12.4 Å². The Kier molecular flexibility index (Phi) is 6.53. The quantitative estimate of drug-likeness (QED) is 0.401. The number of methoxy groups -OCH3 is 1. The number of hydrogen-bond acceptors (Lipinski definition) is 6. The predicted molar refractivity (Wildman–Crippen MR) is 116 cm³/mol. The molecule has 30 heavy (non-hydrogen) atoms. The van der Waals surface area contributed by atoms with E-state index in [0.29, 0.717) is 21.5 Å². The minimum Gasteiger partial charge on any atom is -0.478 e. The number of esters is 1. The van der Waals surface area contributed by atoms with Crippen molar-refractivity contribution >= 4 is 50.9 Å². The summed E-state index contributed by atoms with van der Waals surface area (Å²) in [6.07, 6.45) is 0. The Morgan fingerprint density at radius 1 is 1.07 bits per heavy atom. The van der Waals surface area contributed by atoms with Crippen molar-refractivity contribution in [1.82, 2.24) is 0 Å². The Morgan fingerprint density at radius 3 is 2.47 bits per heavy atom. The molecule has 2 aromatic carbocycles. The Labute approximate surface area is 184 Å². The number of carboxylic acid groups (broad SMARTS) is 2. The standard InChI is InChI=1S/C21H16BrNO6S/c1-29-21(28)15-16(22)17(30-18(15)20(26)27)12-5-3-7-14(9-12)23-10-11-4-2-6-13(8-11)19(24)25/h2-9,23H,10H2,1H3,(H,24,25)(H,26,27). The predicted octanol–water partition coefficient (Wildman–Crippen LogP) is 4.97. The van der Waals surface area contributed by atoms with Crippen LogP contribution >= 0.6 is 27.3 Å². The molecule has 0 radical (unpaired) electrons. The van der Waals surface area contributed by atoms with Crippen LogP contribution in [-0.4, -0.2) is 35.2 Å². The molecule has 3 aromatic rings. The lowest BCUT2D eigenvalue weighted by Gasteiger charge is -2.09. The van der Waals surface area contributed by atoms with E-state index in [1.807, 2.05) is 18.2 Å². The molecule has 1 aromatic heterocycles. The van der Waals surface area contributed by atoms with Crippen LogP contribution in [0.1, 0.15) is 36.0 Å².